The van der Waals surface area contributed by atoms with Crippen molar-refractivity contribution in [3.8, 4) is 5.75 Å². The molecule has 1 aliphatic carbocycles. The number of hydrogen-bond donors (Lipinski definition) is 1. The smallest absolute Gasteiger partial charge is 0.237 e. The predicted octanol–water partition coefficient (Wildman–Crippen LogP) is 4.43. The third-order valence-corrected chi connectivity index (χ3v) is 5.88. The van der Waals surface area contributed by atoms with Gasteiger partial charge in [0.1, 0.15) is 11.6 Å². The van der Waals surface area contributed by atoms with Crippen molar-refractivity contribution in [1.82, 2.24) is 14.8 Å². The van der Waals surface area contributed by atoms with E-state index in [9.17, 15) is 4.79 Å². The molecule has 27 heavy (non-hydrogen) atoms. The van der Waals surface area contributed by atoms with Crippen molar-refractivity contribution < 1.29 is 9.53 Å². The summed E-state index contributed by atoms with van der Waals surface area (Å²) in [6.07, 6.45) is 4.11. The maximum Gasteiger partial charge on any atom is 0.237 e. The van der Waals surface area contributed by atoms with Gasteiger partial charge in [-0.2, -0.15) is 0 Å². The molecule has 144 valence electrons. The zero-order valence-corrected chi connectivity index (χ0v) is 17.2. The van der Waals surface area contributed by atoms with Gasteiger partial charge in [0.2, 0.25) is 5.91 Å². The summed E-state index contributed by atoms with van der Waals surface area (Å²) < 4.78 is 7.37. The largest absolute Gasteiger partial charge is 0.495 e. The van der Waals surface area contributed by atoms with E-state index in [1.165, 1.54) is 11.8 Å². The highest BCUT2D eigenvalue weighted by Gasteiger charge is 2.31. The molecule has 0 aliphatic heterocycles. The maximum atomic E-state index is 12.7. The summed E-state index contributed by atoms with van der Waals surface area (Å²) in [5.41, 5.74) is 1.47. The number of nitrogens with one attached hydrogen (secondary N) is 1. The summed E-state index contributed by atoms with van der Waals surface area (Å²) in [4.78, 5) is 12.7. The predicted molar refractivity (Wildman–Crippen MR) is 109 cm³/mol. The van der Waals surface area contributed by atoms with Crippen LogP contribution in [0.1, 0.15) is 37.1 Å². The van der Waals surface area contributed by atoms with Crippen molar-refractivity contribution in [2.45, 2.75) is 49.6 Å². The van der Waals surface area contributed by atoms with E-state index in [2.05, 4.69) is 22.1 Å². The number of aromatic nitrogens is 3. The lowest BCUT2D eigenvalue weighted by atomic mass is 10.2. The number of aryl methyl sites for hydroxylation is 1. The number of carbonyl (C=O) groups excluding carboxylic acids is 1. The fourth-order valence-corrected chi connectivity index (χ4v) is 3.73. The molecule has 1 atom stereocenters. The second kappa shape index (κ2) is 8.35. The van der Waals surface area contributed by atoms with Crippen LogP contribution in [0.4, 0.5) is 5.69 Å². The standard InChI is InChI=1S/C19H23ClN4O2S/c1-5-8-24-17(13-6-7-13)22-23-19(24)27-12(3)18(25)21-15-9-11(2)14(20)10-16(15)26-4/h5,9-10,12-13H,1,6-8H2,2-4H3,(H,21,25). The van der Waals surface area contributed by atoms with E-state index >= 15 is 0 Å². The van der Waals surface area contributed by atoms with E-state index in [1.807, 2.05) is 30.6 Å². The maximum absolute atomic E-state index is 12.7. The van der Waals surface area contributed by atoms with Crippen LogP contribution in [0.3, 0.4) is 0 Å². The van der Waals surface area contributed by atoms with E-state index in [1.54, 1.807) is 13.2 Å². The van der Waals surface area contributed by atoms with Crippen molar-refractivity contribution in [2.24, 2.45) is 0 Å². The molecule has 0 saturated heterocycles. The van der Waals surface area contributed by atoms with Crippen molar-refractivity contribution in [3.05, 3.63) is 41.2 Å². The minimum Gasteiger partial charge on any atom is -0.495 e. The van der Waals surface area contributed by atoms with Crippen LogP contribution in [-0.2, 0) is 11.3 Å². The molecule has 1 aliphatic rings. The number of rotatable bonds is 8. The number of ether oxygens (including phenoxy) is 1. The second-order valence-corrected chi connectivity index (χ2v) is 8.28. The lowest BCUT2D eigenvalue weighted by Gasteiger charge is -2.15. The number of thioether (sulfide) groups is 1. The summed E-state index contributed by atoms with van der Waals surface area (Å²) in [7, 11) is 1.55. The Balaban J connectivity index is 1.73. The number of halogens is 1. The van der Waals surface area contributed by atoms with Crippen LogP contribution in [-0.4, -0.2) is 33.0 Å². The highest BCUT2D eigenvalue weighted by molar-refractivity contribution is 8.00. The molecule has 1 amide bonds. The number of anilines is 1. The number of allylic oxidation sites excluding steroid dienone is 1. The van der Waals surface area contributed by atoms with Gasteiger partial charge in [-0.05, 0) is 38.3 Å². The number of benzene rings is 1. The van der Waals surface area contributed by atoms with E-state index in [0.717, 1.165) is 29.4 Å². The molecule has 1 heterocycles. The van der Waals surface area contributed by atoms with E-state index in [0.29, 0.717) is 28.9 Å². The molecule has 0 spiro atoms. The average molecular weight is 407 g/mol. The van der Waals surface area contributed by atoms with Crippen molar-refractivity contribution in [1.29, 1.82) is 0 Å². The van der Waals surface area contributed by atoms with Crippen LogP contribution in [0, 0.1) is 6.92 Å². The zero-order chi connectivity index (χ0) is 19.6. The molecular formula is C19H23ClN4O2S. The van der Waals surface area contributed by atoms with Gasteiger partial charge < -0.3 is 14.6 Å². The molecule has 1 N–H and O–H groups in total. The Morgan fingerprint density at radius 1 is 1.52 bits per heavy atom. The lowest BCUT2D eigenvalue weighted by molar-refractivity contribution is -0.115. The molecule has 1 unspecified atom stereocenters. The molecule has 2 aromatic rings. The highest BCUT2D eigenvalue weighted by atomic mass is 35.5. The molecule has 0 bridgehead atoms. The minimum absolute atomic E-state index is 0.138. The number of carbonyl (C=O) groups is 1. The topological polar surface area (TPSA) is 69.0 Å². The highest BCUT2D eigenvalue weighted by Crippen LogP contribution is 2.40. The van der Waals surface area contributed by atoms with Gasteiger partial charge in [0.15, 0.2) is 5.16 Å². The molecule has 0 radical (unpaired) electrons. The molecule has 1 aromatic heterocycles. The molecule has 8 heteroatoms. The fourth-order valence-electron chi connectivity index (χ4n) is 2.71. The van der Waals surface area contributed by atoms with Gasteiger partial charge in [-0.15, -0.1) is 16.8 Å². The van der Waals surface area contributed by atoms with E-state index < -0.39 is 0 Å². The molecule has 3 rings (SSSR count). The van der Waals surface area contributed by atoms with Crippen LogP contribution in [0.15, 0.2) is 29.9 Å². The van der Waals surface area contributed by atoms with Gasteiger partial charge in [-0.1, -0.05) is 29.4 Å². The van der Waals surface area contributed by atoms with Crippen LogP contribution in [0.25, 0.3) is 0 Å². The van der Waals surface area contributed by atoms with Crippen molar-refractivity contribution in [3.63, 3.8) is 0 Å². The normalized spacial score (nSPS) is 14.7. The average Bonchev–Trinajstić information content (AvgIpc) is 3.41. The summed E-state index contributed by atoms with van der Waals surface area (Å²) in [5.74, 6) is 1.86. The Kier molecular flexibility index (Phi) is 6.11. The van der Waals surface area contributed by atoms with Gasteiger partial charge in [-0.25, -0.2) is 0 Å². The first-order valence-corrected chi connectivity index (χ1v) is 10.1. The van der Waals surface area contributed by atoms with Gasteiger partial charge in [0.05, 0.1) is 18.0 Å². The molecule has 1 fully saturated rings. The summed E-state index contributed by atoms with van der Waals surface area (Å²) in [5, 5.41) is 12.5. The first-order chi connectivity index (χ1) is 12.9. The molecular weight excluding hydrogens is 384 g/mol. The first-order valence-electron chi connectivity index (χ1n) is 8.80. The number of hydrogen-bond acceptors (Lipinski definition) is 5. The van der Waals surface area contributed by atoms with Gasteiger partial charge in [-0.3, -0.25) is 4.79 Å². The fraction of sp³-hybridized carbons (Fsp3) is 0.421. The quantitative estimate of drug-likeness (QED) is 0.518. The minimum atomic E-state index is -0.356. The Labute approximate surface area is 168 Å². The number of nitrogens with zero attached hydrogens (tertiary/aromatic N) is 3. The Morgan fingerprint density at radius 3 is 2.89 bits per heavy atom. The molecule has 1 aromatic carbocycles. The monoisotopic (exact) mass is 406 g/mol. The number of methoxy groups -OCH3 is 1. The van der Waals surface area contributed by atoms with Gasteiger partial charge in [0, 0.05) is 23.6 Å². The van der Waals surface area contributed by atoms with Crippen LogP contribution in [0.5, 0.6) is 5.75 Å². The summed E-state index contributed by atoms with van der Waals surface area (Å²) in [6.45, 7) is 8.18. The van der Waals surface area contributed by atoms with E-state index in [-0.39, 0.29) is 11.2 Å². The third-order valence-electron chi connectivity index (χ3n) is 4.39. The van der Waals surface area contributed by atoms with Crippen molar-refractivity contribution >= 4 is 35.0 Å². The molecule has 1 saturated carbocycles. The Bertz CT molecular complexity index is 864. The first kappa shape index (κ1) is 19.8. The summed E-state index contributed by atoms with van der Waals surface area (Å²) in [6, 6.07) is 3.51. The van der Waals surface area contributed by atoms with Gasteiger partial charge >= 0.3 is 0 Å². The van der Waals surface area contributed by atoms with Crippen molar-refractivity contribution in [2.75, 3.05) is 12.4 Å². The molecule has 6 nitrogen and oxygen atoms in total. The SMILES string of the molecule is C=CCn1c(SC(C)C(=O)Nc2cc(C)c(Cl)cc2OC)nnc1C1CC1. The number of amides is 1. The third kappa shape index (κ3) is 4.47. The zero-order valence-electron chi connectivity index (χ0n) is 15.7. The Morgan fingerprint density at radius 2 is 2.26 bits per heavy atom. The van der Waals surface area contributed by atoms with Crippen LogP contribution in [0.2, 0.25) is 5.02 Å². The summed E-state index contributed by atoms with van der Waals surface area (Å²) >= 11 is 7.52. The second-order valence-electron chi connectivity index (χ2n) is 6.57. The Hall–Kier alpha value is -1.99. The van der Waals surface area contributed by atoms with Crippen LogP contribution >= 0.6 is 23.4 Å². The van der Waals surface area contributed by atoms with Crippen LogP contribution < -0.4 is 10.1 Å². The van der Waals surface area contributed by atoms with E-state index in [4.69, 9.17) is 16.3 Å². The lowest BCUT2D eigenvalue weighted by Crippen LogP contribution is -2.23. The van der Waals surface area contributed by atoms with Gasteiger partial charge in [0.25, 0.3) is 0 Å².